The molecule has 20 heavy (non-hydrogen) atoms. The zero-order chi connectivity index (χ0) is 15.4. The van der Waals surface area contributed by atoms with Crippen LogP contribution in [0.2, 0.25) is 0 Å². The molecular formula is C17H34O3. The molecule has 0 fully saturated rings. The van der Waals surface area contributed by atoms with Gasteiger partial charge in [0.15, 0.2) is 0 Å². The van der Waals surface area contributed by atoms with Crippen LogP contribution in [0.1, 0.15) is 78.6 Å². The summed E-state index contributed by atoms with van der Waals surface area (Å²) in [6.45, 7) is 5.49. The second kappa shape index (κ2) is 11.3. The Bertz CT molecular complexity index is 247. The standard InChI is InChI=1S/C17H34O3/c1-4-6-8-10-12-15(11-9-7-5-2)16(20)17(3,13-18)14-19/h15,18-19H,4-14H2,1-3H3. The molecule has 2 N–H and O–H groups in total. The minimum atomic E-state index is -0.971. The molecule has 0 amide bonds. The summed E-state index contributed by atoms with van der Waals surface area (Å²) in [6.07, 6.45) is 9.81. The first-order valence-electron chi connectivity index (χ1n) is 8.31. The van der Waals surface area contributed by atoms with Crippen molar-refractivity contribution >= 4 is 5.78 Å². The maximum Gasteiger partial charge on any atom is 0.146 e. The SMILES string of the molecule is CCCCCCC(CCCCC)C(=O)C(C)(CO)CO. The van der Waals surface area contributed by atoms with Gasteiger partial charge < -0.3 is 10.2 Å². The Morgan fingerprint density at radius 3 is 1.80 bits per heavy atom. The number of hydrogen-bond donors (Lipinski definition) is 2. The molecule has 3 nitrogen and oxygen atoms in total. The molecule has 0 aromatic rings. The van der Waals surface area contributed by atoms with E-state index < -0.39 is 5.41 Å². The number of hydrogen-bond acceptors (Lipinski definition) is 3. The van der Waals surface area contributed by atoms with Crippen LogP contribution in [0.5, 0.6) is 0 Å². The van der Waals surface area contributed by atoms with Gasteiger partial charge in [0.25, 0.3) is 0 Å². The van der Waals surface area contributed by atoms with Crippen LogP contribution in [-0.4, -0.2) is 29.2 Å². The van der Waals surface area contributed by atoms with E-state index in [1.54, 1.807) is 6.92 Å². The second-order valence-electron chi connectivity index (χ2n) is 6.28. The van der Waals surface area contributed by atoms with Crippen molar-refractivity contribution in [2.24, 2.45) is 11.3 Å². The normalized spacial score (nSPS) is 13.4. The summed E-state index contributed by atoms with van der Waals surface area (Å²) in [5.74, 6) is 0.0535. The van der Waals surface area contributed by atoms with Gasteiger partial charge in [-0.2, -0.15) is 0 Å². The van der Waals surface area contributed by atoms with Crippen molar-refractivity contribution in [1.82, 2.24) is 0 Å². The number of aliphatic hydroxyl groups excluding tert-OH is 2. The number of unbranched alkanes of at least 4 members (excludes halogenated alkanes) is 5. The van der Waals surface area contributed by atoms with E-state index in [4.69, 9.17) is 0 Å². The summed E-state index contributed by atoms with van der Waals surface area (Å²) in [4.78, 5) is 12.6. The Labute approximate surface area is 124 Å². The van der Waals surface area contributed by atoms with E-state index in [0.29, 0.717) is 0 Å². The Morgan fingerprint density at radius 2 is 1.35 bits per heavy atom. The van der Waals surface area contributed by atoms with Gasteiger partial charge in [0, 0.05) is 5.92 Å². The van der Waals surface area contributed by atoms with Crippen molar-refractivity contribution in [1.29, 1.82) is 0 Å². The third-order valence-corrected chi connectivity index (χ3v) is 4.23. The summed E-state index contributed by atoms with van der Waals surface area (Å²) in [5, 5.41) is 18.8. The zero-order valence-electron chi connectivity index (χ0n) is 13.7. The third kappa shape index (κ3) is 6.85. The number of Topliss-reactive ketones (excluding diaryl/α,β-unsaturated/α-hetero) is 1. The number of rotatable bonds is 13. The molecule has 0 saturated heterocycles. The molecule has 1 atom stereocenters. The molecule has 0 saturated carbocycles. The second-order valence-corrected chi connectivity index (χ2v) is 6.28. The molecular weight excluding hydrogens is 252 g/mol. The average molecular weight is 286 g/mol. The van der Waals surface area contributed by atoms with Gasteiger partial charge in [0.1, 0.15) is 5.78 Å². The molecule has 0 aromatic carbocycles. The summed E-state index contributed by atoms with van der Waals surface area (Å²) in [5.41, 5.74) is -0.971. The lowest BCUT2D eigenvalue weighted by Crippen LogP contribution is -2.39. The Morgan fingerprint density at radius 1 is 0.900 bits per heavy atom. The Hall–Kier alpha value is -0.410. The summed E-state index contributed by atoms with van der Waals surface area (Å²) >= 11 is 0. The highest BCUT2D eigenvalue weighted by atomic mass is 16.3. The Kier molecular flexibility index (Phi) is 11.0. The quantitative estimate of drug-likeness (QED) is 0.507. The molecule has 0 radical (unpaired) electrons. The smallest absolute Gasteiger partial charge is 0.146 e. The van der Waals surface area contributed by atoms with Crippen molar-refractivity contribution in [3.05, 3.63) is 0 Å². The fourth-order valence-corrected chi connectivity index (χ4v) is 2.56. The first-order chi connectivity index (χ1) is 9.55. The highest BCUT2D eigenvalue weighted by Gasteiger charge is 2.36. The largest absolute Gasteiger partial charge is 0.395 e. The van der Waals surface area contributed by atoms with Crippen molar-refractivity contribution in [2.75, 3.05) is 13.2 Å². The molecule has 0 spiro atoms. The fourth-order valence-electron chi connectivity index (χ4n) is 2.56. The molecule has 3 heteroatoms. The van der Waals surface area contributed by atoms with Crippen LogP contribution >= 0.6 is 0 Å². The molecule has 0 heterocycles. The van der Waals surface area contributed by atoms with Gasteiger partial charge in [0.05, 0.1) is 18.6 Å². The van der Waals surface area contributed by atoms with E-state index in [0.717, 1.165) is 38.5 Å². The molecule has 0 aliphatic heterocycles. The van der Waals surface area contributed by atoms with Gasteiger partial charge in [-0.3, -0.25) is 4.79 Å². The van der Waals surface area contributed by atoms with Gasteiger partial charge in [-0.25, -0.2) is 0 Å². The number of ketones is 1. The summed E-state index contributed by atoms with van der Waals surface area (Å²) < 4.78 is 0. The third-order valence-electron chi connectivity index (χ3n) is 4.23. The summed E-state index contributed by atoms with van der Waals surface area (Å²) in [7, 11) is 0. The lowest BCUT2D eigenvalue weighted by molar-refractivity contribution is -0.137. The van der Waals surface area contributed by atoms with Crippen LogP contribution in [0.3, 0.4) is 0 Å². The van der Waals surface area contributed by atoms with Crippen LogP contribution in [-0.2, 0) is 4.79 Å². The van der Waals surface area contributed by atoms with E-state index in [-0.39, 0.29) is 24.9 Å². The van der Waals surface area contributed by atoms with Gasteiger partial charge >= 0.3 is 0 Å². The average Bonchev–Trinajstić information content (AvgIpc) is 2.48. The fraction of sp³-hybridized carbons (Fsp3) is 0.941. The summed E-state index contributed by atoms with van der Waals surface area (Å²) in [6, 6.07) is 0. The minimum absolute atomic E-state index is 0.00251. The molecule has 0 rings (SSSR count). The van der Waals surface area contributed by atoms with E-state index in [2.05, 4.69) is 13.8 Å². The number of carbonyl (C=O) groups excluding carboxylic acids is 1. The van der Waals surface area contributed by atoms with E-state index >= 15 is 0 Å². The van der Waals surface area contributed by atoms with Crippen molar-refractivity contribution in [3.8, 4) is 0 Å². The topological polar surface area (TPSA) is 57.5 Å². The van der Waals surface area contributed by atoms with Crippen LogP contribution < -0.4 is 0 Å². The lowest BCUT2D eigenvalue weighted by Gasteiger charge is -2.28. The van der Waals surface area contributed by atoms with Gasteiger partial charge in [0.2, 0.25) is 0 Å². The predicted octanol–water partition coefficient (Wildman–Crippen LogP) is 3.71. The van der Waals surface area contributed by atoms with Crippen LogP contribution in [0, 0.1) is 11.3 Å². The molecule has 1 unspecified atom stereocenters. The predicted molar refractivity (Wildman–Crippen MR) is 83.7 cm³/mol. The van der Waals surface area contributed by atoms with Crippen LogP contribution in [0.15, 0.2) is 0 Å². The van der Waals surface area contributed by atoms with Gasteiger partial charge in [-0.1, -0.05) is 58.8 Å². The van der Waals surface area contributed by atoms with E-state index in [1.165, 1.54) is 19.3 Å². The molecule has 0 bridgehead atoms. The first-order valence-corrected chi connectivity index (χ1v) is 8.31. The van der Waals surface area contributed by atoms with Gasteiger partial charge in [-0.15, -0.1) is 0 Å². The van der Waals surface area contributed by atoms with E-state index in [1.807, 2.05) is 0 Å². The highest BCUT2D eigenvalue weighted by molar-refractivity contribution is 5.87. The molecule has 0 aliphatic rings. The maximum atomic E-state index is 12.6. The van der Waals surface area contributed by atoms with Crippen molar-refractivity contribution in [3.63, 3.8) is 0 Å². The van der Waals surface area contributed by atoms with Gasteiger partial charge in [-0.05, 0) is 19.8 Å². The molecule has 0 aromatic heterocycles. The van der Waals surface area contributed by atoms with Crippen molar-refractivity contribution < 1.29 is 15.0 Å². The monoisotopic (exact) mass is 286 g/mol. The minimum Gasteiger partial charge on any atom is -0.395 e. The maximum absolute atomic E-state index is 12.6. The number of carbonyl (C=O) groups is 1. The lowest BCUT2D eigenvalue weighted by atomic mass is 9.77. The van der Waals surface area contributed by atoms with Crippen LogP contribution in [0.4, 0.5) is 0 Å². The highest BCUT2D eigenvalue weighted by Crippen LogP contribution is 2.28. The Balaban J connectivity index is 4.51. The number of aliphatic hydroxyl groups is 2. The van der Waals surface area contributed by atoms with Crippen LogP contribution in [0.25, 0.3) is 0 Å². The van der Waals surface area contributed by atoms with E-state index in [9.17, 15) is 15.0 Å². The zero-order valence-corrected chi connectivity index (χ0v) is 13.7. The molecule has 0 aliphatic carbocycles. The van der Waals surface area contributed by atoms with Crippen molar-refractivity contribution in [2.45, 2.75) is 78.6 Å². The molecule has 120 valence electrons. The first kappa shape index (κ1) is 19.6.